The Labute approximate surface area is 180 Å². The van der Waals surface area contributed by atoms with Crippen LogP contribution in [0.25, 0.3) is 16.5 Å². The predicted molar refractivity (Wildman–Crippen MR) is 109 cm³/mol. The van der Waals surface area contributed by atoms with Gasteiger partial charge in [-0.3, -0.25) is 4.79 Å². The highest BCUT2D eigenvalue weighted by Crippen LogP contribution is 2.34. The standard InChI is InChI=1S/C23H18F4N2O3/c1-2-32-22(31)16-12-29(10-9-15-14-5-3-4-6-19(14)28-20(15)16)21(30)13-7-8-18(24)17(11-13)23(25,26)27/h3-8,11-12,28H,2,9-10H2,1H3. The van der Waals surface area contributed by atoms with E-state index in [1.165, 1.54) is 6.20 Å². The average Bonchev–Trinajstić information content (AvgIpc) is 3.00. The number of ether oxygens (including phenoxy) is 1. The molecule has 3 aromatic rings. The summed E-state index contributed by atoms with van der Waals surface area (Å²) in [5.41, 5.74) is 0.320. The second kappa shape index (κ2) is 8.14. The van der Waals surface area contributed by atoms with Crippen LogP contribution in [0, 0.1) is 5.82 Å². The first-order chi connectivity index (χ1) is 15.2. The minimum Gasteiger partial charge on any atom is -0.462 e. The number of H-pyrrole nitrogens is 1. The Balaban J connectivity index is 1.78. The van der Waals surface area contributed by atoms with Crippen LogP contribution in [-0.4, -0.2) is 34.9 Å². The third kappa shape index (κ3) is 3.86. The summed E-state index contributed by atoms with van der Waals surface area (Å²) in [6.07, 6.45) is -3.32. The molecule has 0 fully saturated rings. The molecule has 1 N–H and O–H groups in total. The Morgan fingerprint density at radius 1 is 1.16 bits per heavy atom. The number of esters is 1. The van der Waals surface area contributed by atoms with Gasteiger partial charge < -0.3 is 14.6 Å². The van der Waals surface area contributed by atoms with Gasteiger partial charge in [0.15, 0.2) is 0 Å². The van der Waals surface area contributed by atoms with Gasteiger partial charge in [0.25, 0.3) is 5.91 Å². The fourth-order valence-corrected chi connectivity index (χ4v) is 3.77. The molecule has 1 aliphatic heterocycles. The van der Waals surface area contributed by atoms with E-state index in [2.05, 4.69) is 4.98 Å². The highest BCUT2D eigenvalue weighted by atomic mass is 19.4. The van der Waals surface area contributed by atoms with Crippen LogP contribution in [0.4, 0.5) is 17.6 Å². The topological polar surface area (TPSA) is 62.4 Å². The Hall–Kier alpha value is -3.62. The van der Waals surface area contributed by atoms with Gasteiger partial charge in [-0.25, -0.2) is 9.18 Å². The van der Waals surface area contributed by atoms with Crippen LogP contribution in [0.15, 0.2) is 48.7 Å². The number of nitrogens with one attached hydrogen (secondary N) is 1. The third-order valence-corrected chi connectivity index (χ3v) is 5.25. The summed E-state index contributed by atoms with van der Waals surface area (Å²) in [7, 11) is 0. The molecule has 0 unspecified atom stereocenters. The highest BCUT2D eigenvalue weighted by molar-refractivity contribution is 6.18. The van der Waals surface area contributed by atoms with Gasteiger partial charge >= 0.3 is 12.1 Å². The predicted octanol–water partition coefficient (Wildman–Crippen LogP) is 4.93. The lowest BCUT2D eigenvalue weighted by atomic mass is 10.0. The molecule has 2 aromatic carbocycles. The zero-order chi connectivity index (χ0) is 23.0. The van der Waals surface area contributed by atoms with Crippen molar-refractivity contribution in [1.29, 1.82) is 0 Å². The molecule has 5 nitrogen and oxygen atoms in total. The quantitative estimate of drug-likeness (QED) is 0.459. The largest absolute Gasteiger partial charge is 0.462 e. The molecule has 0 bridgehead atoms. The van der Waals surface area contributed by atoms with E-state index in [1.807, 2.05) is 24.3 Å². The lowest BCUT2D eigenvalue weighted by Gasteiger charge is -2.19. The summed E-state index contributed by atoms with van der Waals surface area (Å²) < 4.78 is 58.1. The van der Waals surface area contributed by atoms with Gasteiger partial charge in [0.2, 0.25) is 0 Å². The number of hydrogen-bond donors (Lipinski definition) is 1. The van der Waals surface area contributed by atoms with Crippen LogP contribution in [0.3, 0.4) is 0 Å². The molecule has 0 radical (unpaired) electrons. The molecule has 9 heteroatoms. The number of hydrogen-bond acceptors (Lipinski definition) is 3. The number of para-hydroxylation sites is 1. The molecule has 32 heavy (non-hydrogen) atoms. The molecule has 0 saturated carbocycles. The van der Waals surface area contributed by atoms with Crippen molar-refractivity contribution >= 4 is 28.4 Å². The SMILES string of the molecule is CCOC(=O)C1=CN(C(=O)c2ccc(F)c(C(F)(F)F)c2)CCc2c1[nH]c1ccccc21. The molecule has 166 valence electrons. The summed E-state index contributed by atoms with van der Waals surface area (Å²) in [5.74, 6) is -2.92. The zero-order valence-corrected chi connectivity index (χ0v) is 16.9. The Bertz CT molecular complexity index is 1240. The number of alkyl halides is 3. The molecule has 0 saturated heterocycles. The van der Waals surface area contributed by atoms with E-state index in [9.17, 15) is 27.2 Å². The van der Waals surface area contributed by atoms with Gasteiger partial charge in [0.05, 0.1) is 23.4 Å². The maximum atomic E-state index is 13.7. The number of halogens is 4. The fraction of sp³-hybridized carbons (Fsp3) is 0.217. The fourth-order valence-electron chi connectivity index (χ4n) is 3.77. The second-order valence-corrected chi connectivity index (χ2v) is 7.23. The molecule has 0 spiro atoms. The van der Waals surface area contributed by atoms with E-state index in [0.29, 0.717) is 24.2 Å². The van der Waals surface area contributed by atoms with E-state index in [-0.39, 0.29) is 24.3 Å². The molecule has 1 aromatic heterocycles. The molecular formula is C23H18F4N2O3. The maximum absolute atomic E-state index is 13.7. The van der Waals surface area contributed by atoms with E-state index in [1.54, 1.807) is 6.92 Å². The highest BCUT2D eigenvalue weighted by Gasteiger charge is 2.35. The van der Waals surface area contributed by atoms with Crippen LogP contribution >= 0.6 is 0 Å². The number of aromatic amines is 1. The summed E-state index contributed by atoms with van der Waals surface area (Å²) in [5, 5.41) is 0.869. The third-order valence-electron chi connectivity index (χ3n) is 5.25. The van der Waals surface area contributed by atoms with Crippen LogP contribution < -0.4 is 0 Å². The van der Waals surface area contributed by atoms with Gasteiger partial charge in [-0.15, -0.1) is 0 Å². The van der Waals surface area contributed by atoms with Crippen molar-refractivity contribution in [3.05, 3.63) is 76.9 Å². The van der Waals surface area contributed by atoms with E-state index in [0.717, 1.165) is 27.4 Å². The van der Waals surface area contributed by atoms with Crippen LogP contribution in [0.5, 0.6) is 0 Å². The number of amides is 1. The number of aromatic nitrogens is 1. The first-order valence-electron chi connectivity index (χ1n) is 9.87. The van der Waals surface area contributed by atoms with Crippen LogP contribution in [-0.2, 0) is 22.1 Å². The Kier molecular flexibility index (Phi) is 5.50. The number of rotatable bonds is 3. The monoisotopic (exact) mass is 446 g/mol. The van der Waals surface area contributed by atoms with Crippen molar-refractivity contribution in [2.24, 2.45) is 0 Å². The number of benzene rings is 2. The van der Waals surface area contributed by atoms with E-state index >= 15 is 0 Å². The molecule has 2 heterocycles. The second-order valence-electron chi connectivity index (χ2n) is 7.23. The summed E-state index contributed by atoms with van der Waals surface area (Å²) >= 11 is 0. The van der Waals surface area contributed by atoms with Crippen LogP contribution in [0.1, 0.15) is 34.1 Å². The van der Waals surface area contributed by atoms with Crippen molar-refractivity contribution in [2.75, 3.05) is 13.2 Å². The van der Waals surface area contributed by atoms with Gasteiger partial charge in [0, 0.05) is 29.2 Å². The van der Waals surface area contributed by atoms with Crippen molar-refractivity contribution in [3.8, 4) is 0 Å². The van der Waals surface area contributed by atoms with Gasteiger partial charge in [-0.1, -0.05) is 18.2 Å². The Morgan fingerprint density at radius 3 is 2.62 bits per heavy atom. The molecule has 0 atom stereocenters. The zero-order valence-electron chi connectivity index (χ0n) is 16.9. The molecular weight excluding hydrogens is 428 g/mol. The lowest BCUT2D eigenvalue weighted by molar-refractivity contribution is -0.140. The normalized spacial score (nSPS) is 14.0. The van der Waals surface area contributed by atoms with Crippen molar-refractivity contribution < 1.29 is 31.9 Å². The Morgan fingerprint density at radius 2 is 1.91 bits per heavy atom. The maximum Gasteiger partial charge on any atom is 0.419 e. The molecule has 1 aliphatic rings. The summed E-state index contributed by atoms with van der Waals surface area (Å²) in [4.78, 5) is 30.0. The first-order valence-corrected chi connectivity index (χ1v) is 9.87. The minimum atomic E-state index is -4.94. The molecule has 0 aliphatic carbocycles. The number of carbonyl (C=O) groups is 2. The lowest BCUT2D eigenvalue weighted by Crippen LogP contribution is -2.28. The first kappa shape index (κ1) is 21.6. The smallest absolute Gasteiger partial charge is 0.419 e. The van der Waals surface area contributed by atoms with E-state index < -0.39 is 29.4 Å². The number of carbonyl (C=O) groups excluding carboxylic acids is 2. The minimum absolute atomic E-state index is 0.0852. The van der Waals surface area contributed by atoms with Crippen molar-refractivity contribution in [1.82, 2.24) is 9.88 Å². The average molecular weight is 446 g/mol. The van der Waals surface area contributed by atoms with Gasteiger partial charge in [-0.05, 0) is 43.2 Å². The molecule has 4 rings (SSSR count). The van der Waals surface area contributed by atoms with Crippen molar-refractivity contribution in [2.45, 2.75) is 19.5 Å². The molecule has 1 amide bonds. The summed E-state index contributed by atoms with van der Waals surface area (Å²) in [6.45, 7) is 1.85. The van der Waals surface area contributed by atoms with Crippen LogP contribution in [0.2, 0.25) is 0 Å². The number of nitrogens with zero attached hydrogens (tertiary/aromatic N) is 1. The van der Waals surface area contributed by atoms with Gasteiger partial charge in [0.1, 0.15) is 5.82 Å². The van der Waals surface area contributed by atoms with Gasteiger partial charge in [-0.2, -0.15) is 13.2 Å². The summed E-state index contributed by atoms with van der Waals surface area (Å²) in [6, 6.07) is 9.50. The number of fused-ring (bicyclic) bond motifs is 3. The van der Waals surface area contributed by atoms with Crippen molar-refractivity contribution in [3.63, 3.8) is 0 Å². The van der Waals surface area contributed by atoms with E-state index in [4.69, 9.17) is 4.74 Å².